The van der Waals surface area contributed by atoms with E-state index in [1.165, 1.54) is 5.57 Å². The van der Waals surface area contributed by atoms with E-state index < -0.39 is 0 Å². The molecule has 0 saturated heterocycles. The van der Waals surface area contributed by atoms with E-state index in [1.54, 1.807) is 0 Å². The van der Waals surface area contributed by atoms with Gasteiger partial charge in [0.2, 0.25) is 0 Å². The third-order valence-corrected chi connectivity index (χ3v) is 0.789. The normalized spacial score (nSPS) is 5.90. The third kappa shape index (κ3) is 25.7. The van der Waals surface area contributed by atoms with Gasteiger partial charge in [0.15, 0.2) is 0 Å². The first kappa shape index (κ1) is 16.3. The fraction of sp³-hybridized carbons (Fsp3) is 0.778. The summed E-state index contributed by atoms with van der Waals surface area (Å²) >= 11 is 0. The van der Waals surface area contributed by atoms with Crippen molar-refractivity contribution in [2.45, 2.75) is 48.5 Å². The highest BCUT2D eigenvalue weighted by Crippen LogP contribution is 1.90. The summed E-state index contributed by atoms with van der Waals surface area (Å²) in [5, 5.41) is 0. The summed E-state index contributed by atoms with van der Waals surface area (Å²) in [5.74, 6) is 0. The number of hydrogen-bond donors (Lipinski definition) is 1. The van der Waals surface area contributed by atoms with Crippen molar-refractivity contribution in [1.82, 2.24) is 0 Å². The zero-order valence-corrected chi connectivity index (χ0v) is 8.58. The molecule has 0 aromatic rings. The van der Waals surface area contributed by atoms with Gasteiger partial charge >= 0.3 is 0 Å². The number of allylic oxidation sites excluding steroid dienone is 2. The van der Waals surface area contributed by atoms with E-state index in [4.69, 9.17) is 5.73 Å². The van der Waals surface area contributed by atoms with Crippen LogP contribution in [-0.2, 0) is 0 Å². The van der Waals surface area contributed by atoms with Crippen LogP contribution < -0.4 is 5.73 Å². The Kier molecular flexibility index (Phi) is 25.7. The van der Waals surface area contributed by atoms with Gasteiger partial charge in [-0.3, -0.25) is 0 Å². The first-order chi connectivity index (χ1) is 4.64. The Morgan fingerprint density at radius 2 is 0.900 bits per heavy atom. The van der Waals surface area contributed by atoms with E-state index in [9.17, 15) is 0 Å². The standard InChI is InChI=1S/C5H11N.2C2H6/c1-4(2)5(3)6;2*1-2/h6H2,1-3H3;2*1-2H3. The van der Waals surface area contributed by atoms with Crippen molar-refractivity contribution in [3.05, 3.63) is 11.3 Å². The highest BCUT2D eigenvalue weighted by atomic mass is 14.5. The zero-order chi connectivity index (χ0) is 9.15. The number of hydrogen-bond acceptors (Lipinski definition) is 1. The van der Waals surface area contributed by atoms with E-state index in [0.717, 1.165) is 5.70 Å². The van der Waals surface area contributed by atoms with Crippen LogP contribution in [0.3, 0.4) is 0 Å². The van der Waals surface area contributed by atoms with Crippen molar-refractivity contribution in [2.24, 2.45) is 5.73 Å². The van der Waals surface area contributed by atoms with Crippen molar-refractivity contribution >= 4 is 0 Å². The summed E-state index contributed by atoms with van der Waals surface area (Å²) in [6.45, 7) is 13.9. The summed E-state index contributed by atoms with van der Waals surface area (Å²) < 4.78 is 0. The summed E-state index contributed by atoms with van der Waals surface area (Å²) in [4.78, 5) is 0. The molecule has 0 aliphatic rings. The zero-order valence-electron chi connectivity index (χ0n) is 8.58. The SMILES string of the molecule is CC.CC.CC(C)=C(C)N. The van der Waals surface area contributed by atoms with Crippen LogP contribution in [0, 0.1) is 0 Å². The molecule has 0 fully saturated rings. The average molecular weight is 145 g/mol. The summed E-state index contributed by atoms with van der Waals surface area (Å²) in [6, 6.07) is 0. The molecule has 1 heteroatoms. The van der Waals surface area contributed by atoms with Crippen LogP contribution in [0.1, 0.15) is 48.5 Å². The van der Waals surface area contributed by atoms with Crippen LogP contribution in [0.25, 0.3) is 0 Å². The van der Waals surface area contributed by atoms with Crippen LogP contribution in [0.15, 0.2) is 11.3 Å². The van der Waals surface area contributed by atoms with Crippen molar-refractivity contribution in [3.8, 4) is 0 Å². The molecule has 0 aliphatic heterocycles. The smallest absolute Gasteiger partial charge is 0.00351 e. The minimum atomic E-state index is 0.926. The summed E-state index contributed by atoms with van der Waals surface area (Å²) in [6.07, 6.45) is 0. The molecule has 0 amide bonds. The van der Waals surface area contributed by atoms with Crippen LogP contribution >= 0.6 is 0 Å². The molecule has 0 heterocycles. The van der Waals surface area contributed by atoms with Crippen molar-refractivity contribution in [2.75, 3.05) is 0 Å². The number of nitrogens with two attached hydrogens (primary N) is 1. The van der Waals surface area contributed by atoms with Gasteiger partial charge in [-0.25, -0.2) is 0 Å². The van der Waals surface area contributed by atoms with E-state index in [0.29, 0.717) is 0 Å². The Balaban J connectivity index is -0.000000105. The lowest BCUT2D eigenvalue weighted by Crippen LogP contribution is -1.91. The topological polar surface area (TPSA) is 26.0 Å². The fourth-order valence-electron chi connectivity index (χ4n) is 0. The van der Waals surface area contributed by atoms with E-state index >= 15 is 0 Å². The van der Waals surface area contributed by atoms with Gasteiger partial charge in [0, 0.05) is 5.70 Å². The lowest BCUT2D eigenvalue weighted by atomic mass is 10.3. The van der Waals surface area contributed by atoms with E-state index in [-0.39, 0.29) is 0 Å². The molecule has 1 nitrogen and oxygen atoms in total. The molecule has 64 valence electrons. The van der Waals surface area contributed by atoms with Gasteiger partial charge in [0.1, 0.15) is 0 Å². The Bertz CT molecular complexity index is 54.8. The van der Waals surface area contributed by atoms with Crippen LogP contribution in [-0.4, -0.2) is 0 Å². The lowest BCUT2D eigenvalue weighted by Gasteiger charge is -1.88. The molecule has 0 aromatic carbocycles. The Labute approximate surface area is 66.3 Å². The lowest BCUT2D eigenvalue weighted by molar-refractivity contribution is 1.19. The third-order valence-electron chi connectivity index (χ3n) is 0.789. The molecule has 0 unspecified atom stereocenters. The summed E-state index contributed by atoms with van der Waals surface area (Å²) in [5.41, 5.74) is 7.44. The first-order valence-corrected chi connectivity index (χ1v) is 4.04. The highest BCUT2D eigenvalue weighted by molar-refractivity contribution is 5.00. The van der Waals surface area contributed by atoms with Gasteiger partial charge in [0.05, 0.1) is 0 Å². The molecule has 0 aromatic heterocycles. The molecular weight excluding hydrogens is 122 g/mol. The van der Waals surface area contributed by atoms with Crippen molar-refractivity contribution < 1.29 is 0 Å². The Morgan fingerprint density at radius 3 is 0.900 bits per heavy atom. The molecular formula is C9H23N. The molecule has 2 N–H and O–H groups in total. The molecule has 0 saturated carbocycles. The van der Waals surface area contributed by atoms with Gasteiger partial charge < -0.3 is 5.73 Å². The molecule has 0 rings (SSSR count). The molecule has 0 aliphatic carbocycles. The molecule has 10 heavy (non-hydrogen) atoms. The summed E-state index contributed by atoms with van der Waals surface area (Å²) in [7, 11) is 0. The Morgan fingerprint density at radius 1 is 0.800 bits per heavy atom. The second-order valence-electron chi connectivity index (χ2n) is 1.68. The second kappa shape index (κ2) is 15.8. The maximum atomic E-state index is 5.31. The fourth-order valence-corrected chi connectivity index (χ4v) is 0. The number of rotatable bonds is 0. The molecule has 0 radical (unpaired) electrons. The Hall–Kier alpha value is -0.460. The van der Waals surface area contributed by atoms with Crippen LogP contribution in [0.5, 0.6) is 0 Å². The van der Waals surface area contributed by atoms with Gasteiger partial charge in [0.25, 0.3) is 0 Å². The molecule has 0 spiro atoms. The van der Waals surface area contributed by atoms with Crippen LogP contribution in [0.2, 0.25) is 0 Å². The second-order valence-corrected chi connectivity index (χ2v) is 1.68. The van der Waals surface area contributed by atoms with Crippen LogP contribution in [0.4, 0.5) is 0 Å². The van der Waals surface area contributed by atoms with E-state index in [1.807, 2.05) is 48.5 Å². The predicted octanol–water partition coefficient (Wildman–Crippen LogP) is 3.31. The van der Waals surface area contributed by atoms with Gasteiger partial charge in [-0.15, -0.1) is 0 Å². The van der Waals surface area contributed by atoms with Crippen molar-refractivity contribution in [1.29, 1.82) is 0 Å². The minimum absolute atomic E-state index is 0.926. The van der Waals surface area contributed by atoms with Gasteiger partial charge in [-0.05, 0) is 20.8 Å². The minimum Gasteiger partial charge on any atom is -0.402 e. The maximum absolute atomic E-state index is 5.31. The van der Waals surface area contributed by atoms with Gasteiger partial charge in [-0.2, -0.15) is 0 Å². The first-order valence-electron chi connectivity index (χ1n) is 4.04. The monoisotopic (exact) mass is 145 g/mol. The van der Waals surface area contributed by atoms with Gasteiger partial charge in [-0.1, -0.05) is 33.3 Å². The van der Waals surface area contributed by atoms with E-state index in [2.05, 4.69) is 0 Å². The highest BCUT2D eigenvalue weighted by Gasteiger charge is 1.75. The largest absolute Gasteiger partial charge is 0.402 e. The molecule has 0 atom stereocenters. The molecule has 0 bridgehead atoms. The predicted molar refractivity (Wildman–Crippen MR) is 50.9 cm³/mol. The quantitative estimate of drug-likeness (QED) is 0.556. The average Bonchev–Trinajstić information content (AvgIpc) is 1.96. The van der Waals surface area contributed by atoms with Crippen molar-refractivity contribution in [3.63, 3.8) is 0 Å². The maximum Gasteiger partial charge on any atom is 0.00351 e.